The van der Waals surface area contributed by atoms with Gasteiger partial charge in [-0.05, 0) is 6.07 Å². The largest absolute Gasteiger partial charge is 0.302 e. The lowest BCUT2D eigenvalue weighted by molar-refractivity contribution is 0.533. The molecule has 0 aliphatic heterocycles. The molecule has 1 aromatic rings. The molecule has 0 spiro atoms. The third-order valence-electron chi connectivity index (χ3n) is 1.30. The van der Waals surface area contributed by atoms with Crippen LogP contribution in [0.15, 0.2) is 17.0 Å². The van der Waals surface area contributed by atoms with Crippen molar-refractivity contribution in [3.63, 3.8) is 0 Å². The molecule has 0 bridgehead atoms. The van der Waals surface area contributed by atoms with E-state index in [1.165, 1.54) is 6.07 Å². The summed E-state index contributed by atoms with van der Waals surface area (Å²) >= 11 is -2.62. The number of halogens is 2. The number of rotatable bonds is 1. The van der Waals surface area contributed by atoms with Crippen LogP contribution in [0.5, 0.6) is 0 Å². The first-order valence-electron chi connectivity index (χ1n) is 3.06. The number of nitriles is 1. The summed E-state index contributed by atoms with van der Waals surface area (Å²) in [7, 11) is 0. The van der Waals surface area contributed by atoms with Gasteiger partial charge in [-0.25, -0.2) is 13.0 Å². The second-order valence-corrected chi connectivity index (χ2v) is 3.03. The standard InChI is InChI=1S/C7H3F2NO2S/c8-5-1-4(3-10)7(13(11)12)6(9)2-5/h1-2H,(H,11,12). The van der Waals surface area contributed by atoms with E-state index in [0.29, 0.717) is 12.1 Å². The Hall–Kier alpha value is -1.32. The van der Waals surface area contributed by atoms with Crippen LogP contribution in [0.3, 0.4) is 0 Å². The molecule has 0 aliphatic carbocycles. The zero-order chi connectivity index (χ0) is 10.0. The Morgan fingerprint density at radius 2 is 2.08 bits per heavy atom. The van der Waals surface area contributed by atoms with Gasteiger partial charge in [0, 0.05) is 6.07 Å². The molecule has 68 valence electrons. The topological polar surface area (TPSA) is 61.1 Å². The maximum Gasteiger partial charge on any atom is 0.190 e. The van der Waals surface area contributed by atoms with Crippen molar-refractivity contribution in [1.82, 2.24) is 0 Å². The molecule has 6 heteroatoms. The minimum atomic E-state index is -2.62. The first-order valence-corrected chi connectivity index (χ1v) is 4.17. The molecule has 0 saturated carbocycles. The van der Waals surface area contributed by atoms with Gasteiger partial charge in [-0.3, -0.25) is 0 Å². The minimum Gasteiger partial charge on any atom is -0.302 e. The van der Waals surface area contributed by atoms with Crippen molar-refractivity contribution in [2.24, 2.45) is 0 Å². The second-order valence-electron chi connectivity index (χ2n) is 2.13. The molecule has 0 aromatic heterocycles. The lowest BCUT2D eigenvalue weighted by Gasteiger charge is -1.99. The molecule has 1 atom stereocenters. The quantitative estimate of drug-likeness (QED) is 0.702. The van der Waals surface area contributed by atoms with Crippen LogP contribution in [-0.4, -0.2) is 8.76 Å². The highest BCUT2D eigenvalue weighted by Crippen LogP contribution is 2.17. The van der Waals surface area contributed by atoms with E-state index in [0.717, 1.165) is 0 Å². The van der Waals surface area contributed by atoms with Crippen LogP contribution < -0.4 is 0 Å². The van der Waals surface area contributed by atoms with Gasteiger partial charge in [0.15, 0.2) is 11.1 Å². The van der Waals surface area contributed by atoms with Gasteiger partial charge in [0.2, 0.25) is 0 Å². The Labute approximate surface area is 74.9 Å². The number of benzene rings is 1. The predicted octanol–water partition coefficient (Wildman–Crippen LogP) is 1.42. The summed E-state index contributed by atoms with van der Waals surface area (Å²) in [4.78, 5) is -0.691. The van der Waals surface area contributed by atoms with Crippen LogP contribution in [0.4, 0.5) is 8.78 Å². The molecule has 0 aliphatic rings. The molecule has 1 N–H and O–H groups in total. The lowest BCUT2D eigenvalue weighted by atomic mass is 10.2. The Bertz CT molecular complexity index is 414. The smallest absolute Gasteiger partial charge is 0.190 e. The SMILES string of the molecule is N#Cc1cc(F)cc(F)c1S(=O)O. The number of nitrogens with zero attached hydrogens (tertiary/aromatic N) is 1. The Morgan fingerprint density at radius 3 is 2.54 bits per heavy atom. The molecular formula is C7H3F2NO2S. The maximum absolute atomic E-state index is 12.8. The van der Waals surface area contributed by atoms with Gasteiger partial charge >= 0.3 is 0 Å². The summed E-state index contributed by atoms with van der Waals surface area (Å²) in [5.41, 5.74) is -0.474. The van der Waals surface area contributed by atoms with Crippen LogP contribution in [0.25, 0.3) is 0 Å². The maximum atomic E-state index is 12.8. The summed E-state index contributed by atoms with van der Waals surface area (Å²) in [5, 5.41) is 8.39. The first kappa shape index (κ1) is 9.77. The highest BCUT2D eigenvalue weighted by atomic mass is 32.2. The molecule has 0 saturated heterocycles. The molecular weight excluding hydrogens is 200 g/mol. The van der Waals surface area contributed by atoms with Crippen molar-refractivity contribution in [3.05, 3.63) is 29.3 Å². The monoisotopic (exact) mass is 203 g/mol. The van der Waals surface area contributed by atoms with Crippen LogP contribution in [0, 0.1) is 23.0 Å². The fraction of sp³-hybridized carbons (Fsp3) is 0. The van der Waals surface area contributed by atoms with Crippen molar-refractivity contribution >= 4 is 11.1 Å². The van der Waals surface area contributed by atoms with E-state index < -0.39 is 33.2 Å². The van der Waals surface area contributed by atoms with Crippen LogP contribution in [0.1, 0.15) is 5.56 Å². The van der Waals surface area contributed by atoms with Crippen molar-refractivity contribution in [2.75, 3.05) is 0 Å². The van der Waals surface area contributed by atoms with Crippen LogP contribution in [-0.2, 0) is 11.1 Å². The van der Waals surface area contributed by atoms with E-state index in [4.69, 9.17) is 9.81 Å². The van der Waals surface area contributed by atoms with E-state index in [2.05, 4.69) is 0 Å². The number of hydrogen-bond acceptors (Lipinski definition) is 2. The Balaban J connectivity index is 3.50. The first-order chi connectivity index (χ1) is 6.06. The Morgan fingerprint density at radius 1 is 1.46 bits per heavy atom. The molecule has 0 radical (unpaired) electrons. The molecule has 3 nitrogen and oxygen atoms in total. The minimum absolute atomic E-state index is 0.449. The predicted molar refractivity (Wildman–Crippen MR) is 40.1 cm³/mol. The molecule has 0 amide bonds. The van der Waals surface area contributed by atoms with Gasteiger partial charge in [0.1, 0.15) is 22.6 Å². The summed E-state index contributed by atoms with van der Waals surface area (Å²) in [6, 6.07) is 2.58. The molecule has 0 fully saturated rings. The molecule has 0 heterocycles. The summed E-state index contributed by atoms with van der Waals surface area (Å²) in [6.45, 7) is 0. The van der Waals surface area contributed by atoms with Gasteiger partial charge in [-0.15, -0.1) is 0 Å². The fourth-order valence-corrected chi connectivity index (χ4v) is 1.34. The summed E-state index contributed by atoms with van der Waals surface area (Å²) < 4.78 is 44.4. The zero-order valence-corrected chi connectivity index (χ0v) is 6.94. The number of hydrogen-bond donors (Lipinski definition) is 1. The van der Waals surface area contributed by atoms with Gasteiger partial charge < -0.3 is 4.55 Å². The molecule has 1 aromatic carbocycles. The van der Waals surface area contributed by atoms with E-state index in [1.807, 2.05) is 0 Å². The highest BCUT2D eigenvalue weighted by Gasteiger charge is 2.15. The van der Waals surface area contributed by atoms with Crippen LogP contribution >= 0.6 is 0 Å². The third-order valence-corrected chi connectivity index (χ3v) is 2.07. The van der Waals surface area contributed by atoms with Gasteiger partial charge in [-0.1, -0.05) is 0 Å². The normalized spacial score (nSPS) is 12.2. The van der Waals surface area contributed by atoms with Gasteiger partial charge in [-0.2, -0.15) is 5.26 Å². The van der Waals surface area contributed by atoms with Gasteiger partial charge in [0.05, 0.1) is 5.56 Å². The lowest BCUT2D eigenvalue weighted by Crippen LogP contribution is -1.99. The second kappa shape index (κ2) is 3.60. The van der Waals surface area contributed by atoms with E-state index in [9.17, 15) is 13.0 Å². The molecule has 1 rings (SSSR count). The van der Waals surface area contributed by atoms with E-state index >= 15 is 0 Å². The van der Waals surface area contributed by atoms with Crippen molar-refractivity contribution in [3.8, 4) is 6.07 Å². The average molecular weight is 203 g/mol. The third kappa shape index (κ3) is 1.88. The summed E-state index contributed by atoms with van der Waals surface area (Å²) in [5.74, 6) is -2.15. The average Bonchev–Trinajstić information content (AvgIpc) is 2.01. The molecule has 13 heavy (non-hydrogen) atoms. The van der Waals surface area contributed by atoms with E-state index in [-0.39, 0.29) is 0 Å². The Kier molecular flexibility index (Phi) is 2.70. The zero-order valence-electron chi connectivity index (χ0n) is 6.12. The molecule has 1 unspecified atom stereocenters. The fourth-order valence-electron chi connectivity index (χ4n) is 0.821. The highest BCUT2D eigenvalue weighted by molar-refractivity contribution is 7.79. The van der Waals surface area contributed by atoms with Crippen molar-refractivity contribution in [1.29, 1.82) is 5.26 Å². The van der Waals surface area contributed by atoms with Crippen LogP contribution in [0.2, 0.25) is 0 Å². The van der Waals surface area contributed by atoms with Crippen molar-refractivity contribution in [2.45, 2.75) is 4.90 Å². The van der Waals surface area contributed by atoms with Crippen molar-refractivity contribution < 1.29 is 17.5 Å². The van der Waals surface area contributed by atoms with Gasteiger partial charge in [0.25, 0.3) is 0 Å². The van der Waals surface area contributed by atoms with E-state index in [1.54, 1.807) is 0 Å². The summed E-state index contributed by atoms with van der Waals surface area (Å²) in [6.07, 6.45) is 0.